The van der Waals surface area contributed by atoms with Crippen LogP contribution in [0.5, 0.6) is 5.75 Å². The highest BCUT2D eigenvalue weighted by molar-refractivity contribution is 5.90. The van der Waals surface area contributed by atoms with E-state index in [1.807, 2.05) is 0 Å². The van der Waals surface area contributed by atoms with Gasteiger partial charge >= 0.3 is 6.36 Å². The van der Waals surface area contributed by atoms with Gasteiger partial charge < -0.3 is 15.0 Å². The summed E-state index contributed by atoms with van der Waals surface area (Å²) in [6.45, 7) is 3.14. The highest BCUT2D eigenvalue weighted by Crippen LogP contribution is 2.26. The molecule has 2 N–H and O–H groups in total. The summed E-state index contributed by atoms with van der Waals surface area (Å²) in [6, 6.07) is 7.06. The second-order valence-electron chi connectivity index (χ2n) is 6.79. The number of rotatable bonds is 7. The Bertz CT molecular complexity index is 768. The largest absolute Gasteiger partial charge is 0.573 e. The van der Waals surface area contributed by atoms with Gasteiger partial charge in [0.25, 0.3) is 0 Å². The molecule has 1 aromatic heterocycles. The van der Waals surface area contributed by atoms with E-state index in [0.717, 1.165) is 26.1 Å². The zero-order chi connectivity index (χ0) is 20.0. The van der Waals surface area contributed by atoms with Gasteiger partial charge in [-0.25, -0.2) is 0 Å². The minimum Gasteiger partial charge on any atom is -0.406 e. The first-order chi connectivity index (χ1) is 13.4. The molecule has 0 atom stereocenters. The Balaban J connectivity index is 1.47. The van der Waals surface area contributed by atoms with E-state index in [4.69, 9.17) is 0 Å². The standard InChI is InChI=1S/C19H23F3N4O2/c20-19(21,22)28-15-8-6-14(7-9-15)16-13-17(25-24-16)23-18(27)5-4-12-26-10-2-1-3-11-26/h6-9,13H,1-5,10-12H2,(H2,23,24,25,27). The van der Waals surface area contributed by atoms with Gasteiger partial charge in [0.2, 0.25) is 5.91 Å². The number of piperidine rings is 1. The van der Waals surface area contributed by atoms with Crippen molar-refractivity contribution in [3.05, 3.63) is 30.3 Å². The summed E-state index contributed by atoms with van der Waals surface area (Å²) >= 11 is 0. The summed E-state index contributed by atoms with van der Waals surface area (Å²) in [7, 11) is 0. The van der Waals surface area contributed by atoms with E-state index in [9.17, 15) is 18.0 Å². The molecule has 28 heavy (non-hydrogen) atoms. The van der Waals surface area contributed by atoms with Crippen molar-refractivity contribution < 1.29 is 22.7 Å². The molecule has 0 radical (unpaired) electrons. The summed E-state index contributed by atoms with van der Waals surface area (Å²) in [5.41, 5.74) is 1.22. The number of H-pyrrole nitrogens is 1. The number of benzene rings is 1. The molecule has 1 amide bonds. The summed E-state index contributed by atoms with van der Waals surface area (Å²) in [5, 5.41) is 9.54. The molecule has 1 saturated heterocycles. The topological polar surface area (TPSA) is 70.2 Å². The number of nitrogens with one attached hydrogen (secondary N) is 2. The molecule has 0 aliphatic carbocycles. The van der Waals surface area contributed by atoms with Crippen LogP contribution in [0.15, 0.2) is 30.3 Å². The average Bonchev–Trinajstić information content (AvgIpc) is 3.10. The van der Waals surface area contributed by atoms with Gasteiger partial charge in [-0.3, -0.25) is 9.89 Å². The number of hydrogen-bond donors (Lipinski definition) is 2. The molecule has 9 heteroatoms. The third kappa shape index (κ3) is 6.26. The van der Waals surface area contributed by atoms with E-state index in [0.29, 0.717) is 23.5 Å². The van der Waals surface area contributed by atoms with Crippen molar-refractivity contribution >= 4 is 11.7 Å². The fraction of sp³-hybridized carbons (Fsp3) is 0.474. The quantitative estimate of drug-likeness (QED) is 0.737. The van der Waals surface area contributed by atoms with E-state index in [1.54, 1.807) is 6.07 Å². The number of anilines is 1. The molecular weight excluding hydrogens is 373 g/mol. The third-order valence-electron chi connectivity index (χ3n) is 4.57. The average molecular weight is 396 g/mol. The van der Waals surface area contributed by atoms with Crippen LogP contribution in [0.4, 0.5) is 19.0 Å². The Morgan fingerprint density at radius 1 is 1.18 bits per heavy atom. The van der Waals surface area contributed by atoms with Crippen molar-refractivity contribution in [3.8, 4) is 17.0 Å². The van der Waals surface area contributed by atoms with Crippen LogP contribution in [-0.2, 0) is 4.79 Å². The van der Waals surface area contributed by atoms with E-state index in [2.05, 4.69) is 25.2 Å². The molecule has 2 aromatic rings. The van der Waals surface area contributed by atoms with Gasteiger partial charge in [-0.1, -0.05) is 6.42 Å². The highest BCUT2D eigenvalue weighted by atomic mass is 19.4. The molecule has 0 spiro atoms. The van der Waals surface area contributed by atoms with Crippen molar-refractivity contribution in [3.63, 3.8) is 0 Å². The molecule has 1 aliphatic rings. The van der Waals surface area contributed by atoms with Crippen LogP contribution in [-0.4, -0.2) is 47.0 Å². The molecule has 152 valence electrons. The van der Waals surface area contributed by atoms with Crippen LogP contribution >= 0.6 is 0 Å². The monoisotopic (exact) mass is 396 g/mol. The van der Waals surface area contributed by atoms with Crippen LogP contribution < -0.4 is 10.1 Å². The van der Waals surface area contributed by atoms with Crippen molar-refractivity contribution in [1.82, 2.24) is 15.1 Å². The maximum Gasteiger partial charge on any atom is 0.573 e. The second kappa shape index (κ2) is 9.09. The number of carbonyl (C=O) groups excluding carboxylic acids is 1. The number of aromatic nitrogens is 2. The number of likely N-dealkylation sites (tertiary alicyclic amines) is 1. The summed E-state index contributed by atoms with van der Waals surface area (Å²) in [6.07, 6.45) is 0.237. The van der Waals surface area contributed by atoms with E-state index < -0.39 is 6.36 Å². The van der Waals surface area contributed by atoms with Gasteiger partial charge in [0.15, 0.2) is 5.82 Å². The number of ether oxygens (including phenoxy) is 1. The minimum atomic E-state index is -4.72. The molecule has 1 aromatic carbocycles. The second-order valence-corrected chi connectivity index (χ2v) is 6.79. The van der Waals surface area contributed by atoms with Crippen LogP contribution in [0.25, 0.3) is 11.3 Å². The van der Waals surface area contributed by atoms with Gasteiger partial charge in [-0.2, -0.15) is 5.10 Å². The van der Waals surface area contributed by atoms with Crippen molar-refractivity contribution in [1.29, 1.82) is 0 Å². The van der Waals surface area contributed by atoms with Gasteiger partial charge in [-0.05, 0) is 68.7 Å². The Morgan fingerprint density at radius 3 is 2.57 bits per heavy atom. The normalized spacial score (nSPS) is 15.4. The Morgan fingerprint density at radius 2 is 1.89 bits per heavy atom. The molecule has 0 unspecified atom stereocenters. The maximum absolute atomic E-state index is 12.2. The van der Waals surface area contributed by atoms with Crippen molar-refractivity contribution in [2.45, 2.75) is 38.5 Å². The number of alkyl halides is 3. The fourth-order valence-electron chi connectivity index (χ4n) is 3.22. The SMILES string of the molecule is O=C(CCCN1CCCCC1)Nc1cc(-c2ccc(OC(F)(F)F)cc2)[nH]n1. The molecule has 2 heterocycles. The zero-order valence-electron chi connectivity index (χ0n) is 15.4. The van der Waals surface area contributed by atoms with Gasteiger partial charge in [0.05, 0.1) is 5.69 Å². The summed E-state index contributed by atoms with van der Waals surface area (Å²) < 4.78 is 40.5. The van der Waals surface area contributed by atoms with Gasteiger partial charge in [0.1, 0.15) is 5.75 Å². The fourth-order valence-corrected chi connectivity index (χ4v) is 3.22. The lowest BCUT2D eigenvalue weighted by atomic mass is 10.1. The lowest BCUT2D eigenvalue weighted by Crippen LogP contribution is -2.31. The first kappa shape index (κ1) is 20.2. The zero-order valence-corrected chi connectivity index (χ0v) is 15.4. The van der Waals surface area contributed by atoms with Crippen LogP contribution in [0, 0.1) is 0 Å². The molecule has 0 bridgehead atoms. The van der Waals surface area contributed by atoms with Gasteiger partial charge in [-0.15, -0.1) is 13.2 Å². The van der Waals surface area contributed by atoms with Crippen molar-refractivity contribution in [2.75, 3.05) is 25.0 Å². The third-order valence-corrected chi connectivity index (χ3v) is 4.57. The Kier molecular flexibility index (Phi) is 6.56. The predicted molar refractivity (Wildman–Crippen MR) is 98.9 cm³/mol. The lowest BCUT2D eigenvalue weighted by Gasteiger charge is -2.26. The molecule has 1 aliphatic heterocycles. The highest BCUT2D eigenvalue weighted by Gasteiger charge is 2.31. The van der Waals surface area contributed by atoms with Crippen LogP contribution in [0.1, 0.15) is 32.1 Å². The van der Waals surface area contributed by atoms with Crippen molar-refractivity contribution in [2.24, 2.45) is 0 Å². The van der Waals surface area contributed by atoms with Crippen LogP contribution in [0.2, 0.25) is 0 Å². The summed E-state index contributed by atoms with van der Waals surface area (Å²) in [4.78, 5) is 14.5. The number of amides is 1. The minimum absolute atomic E-state index is 0.107. The van der Waals surface area contributed by atoms with E-state index in [1.165, 1.54) is 43.5 Å². The molecule has 0 saturated carbocycles. The van der Waals surface area contributed by atoms with E-state index in [-0.39, 0.29) is 11.7 Å². The number of carbonyl (C=O) groups is 1. The first-order valence-corrected chi connectivity index (χ1v) is 9.33. The van der Waals surface area contributed by atoms with Gasteiger partial charge in [0, 0.05) is 12.5 Å². The first-order valence-electron chi connectivity index (χ1n) is 9.33. The molecular formula is C19H23F3N4O2. The summed E-state index contributed by atoms with van der Waals surface area (Å²) in [5.74, 6) is -0.0180. The molecule has 3 rings (SSSR count). The smallest absolute Gasteiger partial charge is 0.406 e. The Hall–Kier alpha value is -2.55. The number of hydrogen-bond acceptors (Lipinski definition) is 4. The number of halogens is 3. The number of aromatic amines is 1. The molecule has 6 nitrogen and oxygen atoms in total. The van der Waals surface area contributed by atoms with E-state index >= 15 is 0 Å². The predicted octanol–water partition coefficient (Wildman–Crippen LogP) is 4.18. The molecule has 1 fully saturated rings. The lowest BCUT2D eigenvalue weighted by molar-refractivity contribution is -0.274. The number of nitrogens with zero attached hydrogens (tertiary/aromatic N) is 2. The Labute approximate surface area is 161 Å². The maximum atomic E-state index is 12.2. The van der Waals surface area contributed by atoms with Crippen LogP contribution in [0.3, 0.4) is 0 Å².